The Balaban J connectivity index is 1.41. The SMILES string of the molecule is CCc1cc(-c2cscn2)cc(N2CC[C@](N)(C(=O)NC3CC3)C2)c1Cn1cnc2c(N)ncnc21. The molecule has 1 aliphatic heterocycles. The lowest BCUT2D eigenvalue weighted by Gasteiger charge is -2.28. The molecule has 0 bridgehead atoms. The molecule has 2 fully saturated rings. The van der Waals surface area contributed by atoms with E-state index in [-0.39, 0.29) is 11.9 Å². The first kappa shape index (κ1) is 22.9. The van der Waals surface area contributed by atoms with Crippen LogP contribution in [0.25, 0.3) is 22.4 Å². The third kappa shape index (κ3) is 4.07. The molecule has 36 heavy (non-hydrogen) atoms. The van der Waals surface area contributed by atoms with Crippen molar-refractivity contribution in [2.24, 2.45) is 5.73 Å². The summed E-state index contributed by atoms with van der Waals surface area (Å²) in [5.41, 5.74) is 20.4. The molecule has 1 aliphatic carbocycles. The van der Waals surface area contributed by atoms with Crippen LogP contribution in [0.4, 0.5) is 11.5 Å². The number of aromatic nitrogens is 5. The number of imidazole rings is 1. The molecule has 6 rings (SSSR count). The van der Waals surface area contributed by atoms with E-state index in [4.69, 9.17) is 11.5 Å². The maximum Gasteiger partial charge on any atom is 0.242 e. The minimum Gasteiger partial charge on any atom is -0.382 e. The lowest BCUT2D eigenvalue weighted by atomic mass is 9.96. The van der Waals surface area contributed by atoms with Crippen LogP contribution in [-0.2, 0) is 17.8 Å². The number of rotatable bonds is 7. The topological polar surface area (TPSA) is 141 Å². The summed E-state index contributed by atoms with van der Waals surface area (Å²) in [5, 5.41) is 5.16. The molecule has 1 amide bonds. The molecular formula is C25H29N9OS. The van der Waals surface area contributed by atoms with E-state index in [0.29, 0.717) is 43.0 Å². The van der Waals surface area contributed by atoms with Gasteiger partial charge in [-0.3, -0.25) is 4.79 Å². The van der Waals surface area contributed by atoms with Crippen molar-refractivity contribution >= 4 is 39.9 Å². The third-order valence-corrected chi connectivity index (χ3v) is 7.78. The highest BCUT2D eigenvalue weighted by Crippen LogP contribution is 2.36. The van der Waals surface area contributed by atoms with Gasteiger partial charge in [0.2, 0.25) is 5.91 Å². The predicted octanol–water partition coefficient (Wildman–Crippen LogP) is 2.33. The fraction of sp³-hybridized carbons (Fsp3) is 0.400. The van der Waals surface area contributed by atoms with Crippen molar-refractivity contribution in [1.29, 1.82) is 0 Å². The Kier molecular flexibility index (Phi) is 5.60. The minimum absolute atomic E-state index is 0.0480. The molecule has 1 saturated carbocycles. The van der Waals surface area contributed by atoms with Crippen molar-refractivity contribution in [1.82, 2.24) is 29.8 Å². The van der Waals surface area contributed by atoms with E-state index in [9.17, 15) is 4.79 Å². The van der Waals surface area contributed by atoms with Crippen LogP contribution in [0.3, 0.4) is 0 Å². The van der Waals surface area contributed by atoms with Crippen molar-refractivity contribution in [2.45, 2.75) is 50.7 Å². The molecule has 0 spiro atoms. The van der Waals surface area contributed by atoms with Gasteiger partial charge in [0, 0.05) is 35.8 Å². The van der Waals surface area contributed by atoms with Gasteiger partial charge in [-0.05, 0) is 48.9 Å². The number of nitrogens with two attached hydrogens (primary N) is 2. The summed E-state index contributed by atoms with van der Waals surface area (Å²) in [6.07, 6.45) is 6.74. The number of carbonyl (C=O) groups is 1. The number of anilines is 2. The van der Waals surface area contributed by atoms with Gasteiger partial charge in [-0.2, -0.15) is 0 Å². The van der Waals surface area contributed by atoms with Gasteiger partial charge in [-0.15, -0.1) is 11.3 Å². The third-order valence-electron chi connectivity index (χ3n) is 7.19. The molecule has 4 aromatic rings. The number of amides is 1. The molecule has 0 radical (unpaired) electrons. The van der Waals surface area contributed by atoms with Gasteiger partial charge in [0.15, 0.2) is 11.5 Å². The number of nitrogen functional groups attached to an aromatic ring is 1. The second-order valence-electron chi connectivity index (χ2n) is 9.74. The summed E-state index contributed by atoms with van der Waals surface area (Å²) in [6.45, 7) is 3.87. The highest BCUT2D eigenvalue weighted by Gasteiger charge is 2.43. The van der Waals surface area contributed by atoms with Crippen molar-refractivity contribution in [2.75, 3.05) is 23.7 Å². The largest absolute Gasteiger partial charge is 0.382 e. The Bertz CT molecular complexity index is 1430. The summed E-state index contributed by atoms with van der Waals surface area (Å²) in [7, 11) is 0. The van der Waals surface area contributed by atoms with Gasteiger partial charge in [0.1, 0.15) is 17.4 Å². The number of fused-ring (bicyclic) bond motifs is 1. The molecule has 2 aliphatic rings. The van der Waals surface area contributed by atoms with Crippen LogP contribution in [0.5, 0.6) is 0 Å². The molecule has 1 atom stereocenters. The highest BCUT2D eigenvalue weighted by molar-refractivity contribution is 7.07. The van der Waals surface area contributed by atoms with E-state index >= 15 is 0 Å². The Morgan fingerprint density at radius 3 is 2.86 bits per heavy atom. The highest BCUT2D eigenvalue weighted by atomic mass is 32.1. The van der Waals surface area contributed by atoms with Crippen molar-refractivity contribution in [3.63, 3.8) is 0 Å². The van der Waals surface area contributed by atoms with E-state index in [1.807, 2.05) is 10.1 Å². The normalized spacial score (nSPS) is 19.8. The predicted molar refractivity (Wildman–Crippen MR) is 141 cm³/mol. The Labute approximate surface area is 212 Å². The van der Waals surface area contributed by atoms with Crippen LogP contribution in [0.1, 0.15) is 37.3 Å². The number of thiazole rings is 1. The second kappa shape index (κ2) is 8.82. The van der Waals surface area contributed by atoms with Gasteiger partial charge in [0.05, 0.1) is 24.1 Å². The number of nitrogens with one attached hydrogen (secondary N) is 1. The standard InChI is InChI=1S/C25H29N9OS/c1-2-15-7-16(19-10-36-14-31-19)8-20(33-6-5-25(27,11-33)24(35)32-17-3-4-17)18(15)9-34-13-30-21-22(26)28-12-29-23(21)34/h7-8,10,12-14,17H,2-6,9,11,27H2,1H3,(H,32,35)(H2,26,28,29)/t25-/m1/s1. The summed E-state index contributed by atoms with van der Waals surface area (Å²) in [6, 6.07) is 4.67. The van der Waals surface area contributed by atoms with Crippen LogP contribution in [0.15, 0.2) is 35.7 Å². The van der Waals surface area contributed by atoms with Crippen molar-refractivity contribution in [3.8, 4) is 11.3 Å². The average molecular weight is 504 g/mol. The fourth-order valence-electron chi connectivity index (χ4n) is 4.96. The average Bonchev–Trinajstić information content (AvgIpc) is 3.26. The van der Waals surface area contributed by atoms with Gasteiger partial charge >= 0.3 is 0 Å². The Hall–Kier alpha value is -3.57. The Morgan fingerprint density at radius 2 is 2.11 bits per heavy atom. The zero-order valence-corrected chi connectivity index (χ0v) is 21.0. The van der Waals surface area contributed by atoms with Gasteiger partial charge in [0.25, 0.3) is 0 Å². The molecule has 11 heteroatoms. The maximum absolute atomic E-state index is 13.0. The van der Waals surface area contributed by atoms with E-state index in [2.05, 4.69) is 54.6 Å². The number of benzene rings is 1. The number of hydrogen-bond donors (Lipinski definition) is 3. The second-order valence-corrected chi connectivity index (χ2v) is 10.5. The lowest BCUT2D eigenvalue weighted by Crippen LogP contribution is -2.56. The van der Waals surface area contributed by atoms with Crippen LogP contribution in [-0.4, -0.2) is 55.1 Å². The first-order valence-corrected chi connectivity index (χ1v) is 13.2. The molecule has 1 saturated heterocycles. The zero-order valence-electron chi connectivity index (χ0n) is 20.1. The monoisotopic (exact) mass is 503 g/mol. The smallest absolute Gasteiger partial charge is 0.242 e. The van der Waals surface area contributed by atoms with Crippen LogP contribution < -0.4 is 21.7 Å². The molecule has 186 valence electrons. The molecule has 10 nitrogen and oxygen atoms in total. The first-order chi connectivity index (χ1) is 17.4. The molecule has 4 heterocycles. The van der Waals surface area contributed by atoms with Crippen LogP contribution in [0, 0.1) is 0 Å². The minimum atomic E-state index is -0.910. The molecule has 1 aromatic carbocycles. The first-order valence-electron chi connectivity index (χ1n) is 12.3. The van der Waals surface area contributed by atoms with E-state index < -0.39 is 5.54 Å². The van der Waals surface area contributed by atoms with Crippen LogP contribution in [0.2, 0.25) is 0 Å². The Morgan fingerprint density at radius 1 is 1.25 bits per heavy atom. The zero-order chi connectivity index (χ0) is 24.9. The number of nitrogens with zero attached hydrogens (tertiary/aromatic N) is 6. The number of hydrogen-bond acceptors (Lipinski definition) is 9. The van der Waals surface area contributed by atoms with E-state index in [0.717, 1.165) is 41.8 Å². The molecule has 3 aromatic heterocycles. The summed E-state index contributed by atoms with van der Waals surface area (Å²) < 4.78 is 2.00. The van der Waals surface area contributed by atoms with E-state index in [1.54, 1.807) is 17.7 Å². The van der Waals surface area contributed by atoms with Crippen molar-refractivity contribution < 1.29 is 4.79 Å². The van der Waals surface area contributed by atoms with Crippen molar-refractivity contribution in [3.05, 3.63) is 46.8 Å². The summed E-state index contributed by atoms with van der Waals surface area (Å²) >= 11 is 1.58. The molecule has 0 unspecified atom stereocenters. The molecular weight excluding hydrogens is 474 g/mol. The summed E-state index contributed by atoms with van der Waals surface area (Å²) in [5.74, 6) is 0.316. The van der Waals surface area contributed by atoms with Gasteiger partial charge in [-0.25, -0.2) is 19.9 Å². The fourth-order valence-corrected chi connectivity index (χ4v) is 5.53. The van der Waals surface area contributed by atoms with E-state index in [1.165, 1.54) is 11.9 Å². The number of aryl methyl sites for hydroxylation is 1. The number of carbonyl (C=O) groups excluding carboxylic acids is 1. The van der Waals surface area contributed by atoms with Gasteiger partial charge < -0.3 is 26.3 Å². The lowest BCUT2D eigenvalue weighted by molar-refractivity contribution is -0.125. The molecule has 5 N–H and O–H groups in total. The van der Waals surface area contributed by atoms with Gasteiger partial charge in [-0.1, -0.05) is 6.92 Å². The maximum atomic E-state index is 13.0. The van der Waals surface area contributed by atoms with Crippen LogP contribution >= 0.6 is 11.3 Å². The quantitative estimate of drug-likeness (QED) is 0.349. The summed E-state index contributed by atoms with van der Waals surface area (Å²) in [4.78, 5) is 32.7.